The van der Waals surface area contributed by atoms with Crippen LogP contribution in [-0.2, 0) is 25.9 Å². The molecular weight excluding hydrogens is 264 g/mol. The lowest BCUT2D eigenvalue weighted by atomic mass is 10.0. The number of furan rings is 1. The second-order valence-electron chi connectivity index (χ2n) is 4.93. The van der Waals surface area contributed by atoms with Crippen molar-refractivity contribution in [2.24, 2.45) is 5.73 Å². The Morgan fingerprint density at radius 3 is 2.48 bits per heavy atom. The fraction of sp³-hybridized carbons (Fsp3) is 0.500. The summed E-state index contributed by atoms with van der Waals surface area (Å²) in [7, 11) is 0. The Kier molecular flexibility index (Phi) is 5.33. The maximum Gasteiger partial charge on any atom is 0.156 e. The van der Waals surface area contributed by atoms with Gasteiger partial charge in [-0.3, -0.25) is 0 Å². The van der Waals surface area contributed by atoms with Gasteiger partial charge in [0.15, 0.2) is 5.82 Å². The highest BCUT2D eigenvalue weighted by atomic mass is 16.3. The Balaban J connectivity index is 2.40. The number of nitrogens with two attached hydrogens (primary N) is 1. The van der Waals surface area contributed by atoms with Gasteiger partial charge in [0, 0.05) is 18.7 Å². The summed E-state index contributed by atoms with van der Waals surface area (Å²) in [6.45, 7) is 8.34. The normalized spacial score (nSPS) is 10.9. The minimum Gasteiger partial charge on any atom is -0.467 e. The van der Waals surface area contributed by atoms with E-state index in [-0.39, 0.29) is 0 Å². The monoisotopic (exact) mass is 288 g/mol. The molecule has 2 aromatic heterocycles. The second-order valence-corrected chi connectivity index (χ2v) is 4.93. The van der Waals surface area contributed by atoms with Crippen molar-refractivity contribution in [1.82, 2.24) is 10.2 Å². The van der Waals surface area contributed by atoms with Gasteiger partial charge in [-0.15, -0.1) is 5.10 Å². The third-order valence-corrected chi connectivity index (χ3v) is 3.75. The van der Waals surface area contributed by atoms with E-state index < -0.39 is 0 Å². The molecule has 0 atom stereocenters. The van der Waals surface area contributed by atoms with Crippen molar-refractivity contribution >= 4 is 5.82 Å². The summed E-state index contributed by atoms with van der Waals surface area (Å²) in [5.74, 6) is 1.80. The Labute approximate surface area is 126 Å². The van der Waals surface area contributed by atoms with Crippen LogP contribution in [0, 0.1) is 0 Å². The molecule has 5 nitrogen and oxygen atoms in total. The van der Waals surface area contributed by atoms with Crippen LogP contribution in [0.1, 0.15) is 43.4 Å². The molecule has 21 heavy (non-hydrogen) atoms. The van der Waals surface area contributed by atoms with Crippen molar-refractivity contribution in [2.45, 2.75) is 46.7 Å². The van der Waals surface area contributed by atoms with Crippen LogP contribution in [0.25, 0.3) is 0 Å². The molecule has 2 heterocycles. The summed E-state index contributed by atoms with van der Waals surface area (Å²) in [6, 6.07) is 3.87. The summed E-state index contributed by atoms with van der Waals surface area (Å²) in [5.41, 5.74) is 9.40. The molecule has 0 radical (unpaired) electrons. The molecule has 0 aliphatic rings. The molecule has 5 heteroatoms. The Morgan fingerprint density at radius 2 is 1.95 bits per heavy atom. The smallest absolute Gasteiger partial charge is 0.156 e. The fourth-order valence-electron chi connectivity index (χ4n) is 2.63. The summed E-state index contributed by atoms with van der Waals surface area (Å²) >= 11 is 0. The highest BCUT2D eigenvalue weighted by Gasteiger charge is 2.18. The molecule has 0 aromatic carbocycles. The Morgan fingerprint density at radius 1 is 1.14 bits per heavy atom. The molecule has 0 aliphatic carbocycles. The van der Waals surface area contributed by atoms with Gasteiger partial charge < -0.3 is 15.1 Å². The first kappa shape index (κ1) is 15.5. The zero-order valence-electron chi connectivity index (χ0n) is 13.1. The first-order valence-corrected chi connectivity index (χ1v) is 7.59. The van der Waals surface area contributed by atoms with Crippen LogP contribution in [0.15, 0.2) is 22.8 Å². The molecule has 114 valence electrons. The maximum absolute atomic E-state index is 6.00. The van der Waals surface area contributed by atoms with E-state index in [4.69, 9.17) is 10.2 Å². The molecule has 0 aliphatic heterocycles. The average molecular weight is 288 g/mol. The summed E-state index contributed by atoms with van der Waals surface area (Å²) in [5, 5.41) is 8.83. The van der Waals surface area contributed by atoms with Crippen molar-refractivity contribution in [3.8, 4) is 0 Å². The van der Waals surface area contributed by atoms with E-state index in [0.29, 0.717) is 13.1 Å². The van der Waals surface area contributed by atoms with Crippen LogP contribution in [0.3, 0.4) is 0 Å². The molecule has 0 saturated carbocycles. The molecule has 0 fully saturated rings. The number of hydrogen-bond donors (Lipinski definition) is 1. The quantitative estimate of drug-likeness (QED) is 0.848. The summed E-state index contributed by atoms with van der Waals surface area (Å²) in [4.78, 5) is 2.16. The summed E-state index contributed by atoms with van der Waals surface area (Å²) < 4.78 is 5.44. The van der Waals surface area contributed by atoms with E-state index in [9.17, 15) is 0 Å². The standard InChI is InChI=1S/C16H24N4O/c1-4-13-14(10-17)16(19-18-15(13)5-2)20(6-3)11-12-8-7-9-21-12/h7-9H,4-6,10-11,17H2,1-3H3. The molecule has 0 saturated heterocycles. The number of rotatable bonds is 7. The third kappa shape index (κ3) is 3.24. The van der Waals surface area contributed by atoms with E-state index in [1.54, 1.807) is 6.26 Å². The highest BCUT2D eigenvalue weighted by molar-refractivity contribution is 5.51. The lowest BCUT2D eigenvalue weighted by molar-refractivity contribution is 0.502. The van der Waals surface area contributed by atoms with Gasteiger partial charge in [0.05, 0.1) is 18.5 Å². The molecule has 0 spiro atoms. The van der Waals surface area contributed by atoms with Gasteiger partial charge in [-0.05, 0) is 37.5 Å². The number of anilines is 1. The van der Waals surface area contributed by atoms with Gasteiger partial charge in [-0.25, -0.2) is 0 Å². The van der Waals surface area contributed by atoms with E-state index in [2.05, 4.69) is 35.9 Å². The topological polar surface area (TPSA) is 68.2 Å². The van der Waals surface area contributed by atoms with Crippen LogP contribution < -0.4 is 10.6 Å². The maximum atomic E-state index is 6.00. The zero-order valence-corrected chi connectivity index (χ0v) is 13.1. The lowest BCUT2D eigenvalue weighted by Crippen LogP contribution is -2.26. The first-order valence-electron chi connectivity index (χ1n) is 7.59. The van der Waals surface area contributed by atoms with Crippen molar-refractivity contribution in [2.75, 3.05) is 11.4 Å². The van der Waals surface area contributed by atoms with Gasteiger partial charge in [0.1, 0.15) is 5.76 Å². The Hall–Kier alpha value is -1.88. The zero-order chi connectivity index (χ0) is 15.2. The third-order valence-electron chi connectivity index (χ3n) is 3.75. The van der Waals surface area contributed by atoms with Crippen molar-refractivity contribution in [3.05, 3.63) is 41.0 Å². The Bertz CT molecular complexity index is 566. The number of nitrogens with zero attached hydrogens (tertiary/aromatic N) is 3. The number of aromatic nitrogens is 2. The SMILES string of the molecule is CCc1nnc(N(CC)Cc2ccco2)c(CN)c1CC. The summed E-state index contributed by atoms with van der Waals surface area (Å²) in [6.07, 6.45) is 3.50. The molecule has 0 unspecified atom stereocenters. The molecule has 2 N–H and O–H groups in total. The van der Waals surface area contributed by atoms with Gasteiger partial charge in [0.2, 0.25) is 0 Å². The number of aryl methyl sites for hydroxylation is 1. The average Bonchev–Trinajstić information content (AvgIpc) is 3.04. The van der Waals surface area contributed by atoms with Crippen molar-refractivity contribution in [1.29, 1.82) is 0 Å². The van der Waals surface area contributed by atoms with Crippen LogP contribution in [0.4, 0.5) is 5.82 Å². The molecule has 0 bridgehead atoms. The van der Waals surface area contributed by atoms with Crippen LogP contribution in [0.5, 0.6) is 0 Å². The predicted molar refractivity (Wildman–Crippen MR) is 84.1 cm³/mol. The fourth-order valence-corrected chi connectivity index (χ4v) is 2.63. The van der Waals surface area contributed by atoms with E-state index in [1.807, 2.05) is 12.1 Å². The minimum absolute atomic E-state index is 0.482. The first-order chi connectivity index (χ1) is 10.2. The van der Waals surface area contributed by atoms with Crippen molar-refractivity contribution in [3.63, 3.8) is 0 Å². The number of hydrogen-bond acceptors (Lipinski definition) is 5. The van der Waals surface area contributed by atoms with E-state index >= 15 is 0 Å². The minimum atomic E-state index is 0.482. The molecule has 2 rings (SSSR count). The predicted octanol–water partition coefficient (Wildman–Crippen LogP) is 2.68. The van der Waals surface area contributed by atoms with Crippen molar-refractivity contribution < 1.29 is 4.42 Å². The molecular formula is C16H24N4O. The second kappa shape index (κ2) is 7.22. The molecule has 2 aromatic rings. The van der Waals surface area contributed by atoms with Crippen LogP contribution in [0.2, 0.25) is 0 Å². The van der Waals surface area contributed by atoms with E-state index in [1.165, 1.54) is 5.56 Å². The largest absolute Gasteiger partial charge is 0.467 e. The lowest BCUT2D eigenvalue weighted by Gasteiger charge is -2.24. The molecule has 0 amide bonds. The van der Waals surface area contributed by atoms with E-state index in [0.717, 1.165) is 42.2 Å². The van der Waals surface area contributed by atoms with Gasteiger partial charge in [-0.2, -0.15) is 5.10 Å². The van der Waals surface area contributed by atoms with Crippen LogP contribution >= 0.6 is 0 Å². The van der Waals surface area contributed by atoms with Gasteiger partial charge in [-0.1, -0.05) is 13.8 Å². The highest BCUT2D eigenvalue weighted by Crippen LogP contribution is 2.25. The van der Waals surface area contributed by atoms with Gasteiger partial charge in [0.25, 0.3) is 0 Å². The van der Waals surface area contributed by atoms with Gasteiger partial charge >= 0.3 is 0 Å². The van der Waals surface area contributed by atoms with Crippen LogP contribution in [-0.4, -0.2) is 16.7 Å².